The minimum atomic E-state index is -0.983. The number of para-hydroxylation sites is 5. The minimum absolute atomic E-state index is 0.0196. The first-order valence-corrected chi connectivity index (χ1v) is 32.4. The lowest BCUT2D eigenvalue weighted by atomic mass is 9.86. The summed E-state index contributed by atoms with van der Waals surface area (Å²) in [5.74, 6) is 11.0. The van der Waals surface area contributed by atoms with E-state index in [-0.39, 0.29) is 11.7 Å². The van der Waals surface area contributed by atoms with Crippen LogP contribution in [0.5, 0.6) is 28.7 Å². The summed E-state index contributed by atoms with van der Waals surface area (Å²) in [5, 5.41) is 71.8. The van der Waals surface area contributed by atoms with Gasteiger partial charge in [0.15, 0.2) is 0 Å². The van der Waals surface area contributed by atoms with E-state index in [1.54, 1.807) is 19.9 Å². The molecule has 5 atom stereocenters. The maximum absolute atomic E-state index is 10.5. The Balaban J connectivity index is 0.000000134. The van der Waals surface area contributed by atoms with Crippen molar-refractivity contribution >= 4 is 0 Å². The van der Waals surface area contributed by atoms with Gasteiger partial charge in [0.2, 0.25) is 0 Å². The van der Waals surface area contributed by atoms with Crippen molar-refractivity contribution in [3.63, 3.8) is 0 Å². The lowest BCUT2D eigenvalue weighted by Crippen LogP contribution is -2.17. The molecule has 0 radical (unpaired) electrons. The second kappa shape index (κ2) is 26.5. The highest BCUT2D eigenvalue weighted by Gasteiger charge is 2.47. The standard InChI is InChI=1S/2C16H22O.C15H22O.2C14H20O2/c1-10(12-6-7-12)14-4-3-5-15(16(14)17)11(2)13-8-9-13;1-10(2)13-4-3-5-14(16(13)17)15(11-6-7-11)12-8-9-12;1-4-12(11-8-9-11)14-7-5-6-13(10(2)3)15(14)16;1-9(10-7-8-10)11-5-4-6-12(13(11)15)14(2,3)16;1-9(2)11-5-4-6-12(13(11)15)10(3)14(16)7-8-14/h3-5,10-13,17H,6-9H2,1-2H3;3-5,10-12,15,17H,6-9H2,1-2H3;5-7,10-12,16H,4,8-9H2,1-3H3;2*4-6,9-10,15-16H,7-8H2,1-3H3. The molecule has 7 aliphatic rings. The lowest BCUT2D eigenvalue weighted by molar-refractivity contribution is 0.0756. The zero-order valence-corrected chi connectivity index (χ0v) is 52.6. The van der Waals surface area contributed by atoms with Crippen LogP contribution in [0.3, 0.4) is 0 Å². The van der Waals surface area contributed by atoms with E-state index >= 15 is 0 Å². The molecule has 0 aromatic heterocycles. The first kappa shape index (κ1) is 63.1. The van der Waals surface area contributed by atoms with Gasteiger partial charge in [0.05, 0.1) is 11.2 Å². The van der Waals surface area contributed by atoms with E-state index in [1.165, 1.54) is 99.3 Å². The van der Waals surface area contributed by atoms with Gasteiger partial charge < -0.3 is 35.7 Å². The van der Waals surface area contributed by atoms with Crippen LogP contribution in [0.4, 0.5) is 0 Å². The molecular formula is C75H106O7. The molecule has 0 aliphatic heterocycles. The second-order valence-corrected chi connectivity index (χ2v) is 28.2. The molecule has 7 aliphatic carbocycles. The summed E-state index contributed by atoms with van der Waals surface area (Å²) in [4.78, 5) is 0. The molecule has 7 heteroatoms. The van der Waals surface area contributed by atoms with Gasteiger partial charge >= 0.3 is 0 Å². The summed E-state index contributed by atoms with van der Waals surface area (Å²) < 4.78 is 0. The van der Waals surface area contributed by atoms with E-state index in [0.717, 1.165) is 76.7 Å². The summed E-state index contributed by atoms with van der Waals surface area (Å²) in [7, 11) is 0. The van der Waals surface area contributed by atoms with Crippen LogP contribution >= 0.6 is 0 Å². The van der Waals surface area contributed by atoms with Crippen LogP contribution in [-0.2, 0) is 5.60 Å². The van der Waals surface area contributed by atoms with Crippen molar-refractivity contribution in [1.82, 2.24) is 0 Å². The molecule has 5 aromatic carbocycles. The number of benzene rings is 5. The molecule has 0 spiro atoms. The van der Waals surface area contributed by atoms with Crippen LogP contribution in [-0.4, -0.2) is 41.3 Å². The fourth-order valence-electron chi connectivity index (χ4n) is 13.3. The second-order valence-electron chi connectivity index (χ2n) is 28.2. The summed E-state index contributed by atoms with van der Waals surface area (Å²) in [5.41, 5.74) is 8.87. The average molecular weight is 1120 g/mol. The summed E-state index contributed by atoms with van der Waals surface area (Å²) in [6, 6.07) is 30.5. The number of rotatable bonds is 18. The van der Waals surface area contributed by atoms with Gasteiger partial charge in [-0.05, 0) is 243 Å². The highest BCUT2D eigenvalue weighted by Crippen LogP contribution is 2.57. The fraction of sp³-hybridized carbons (Fsp3) is 0.600. The molecule has 0 amide bonds. The maximum atomic E-state index is 10.5. The Morgan fingerprint density at radius 1 is 0.390 bits per heavy atom. The molecule has 82 heavy (non-hydrogen) atoms. The zero-order valence-electron chi connectivity index (χ0n) is 52.6. The van der Waals surface area contributed by atoms with Gasteiger partial charge in [-0.1, -0.05) is 167 Å². The molecule has 7 N–H and O–H groups in total. The zero-order chi connectivity index (χ0) is 59.5. The predicted molar refractivity (Wildman–Crippen MR) is 338 cm³/mol. The van der Waals surface area contributed by atoms with Crippen LogP contribution in [0.1, 0.15) is 295 Å². The van der Waals surface area contributed by atoms with E-state index in [1.807, 2.05) is 43.3 Å². The minimum Gasteiger partial charge on any atom is -0.507 e. The number of phenolic OH excluding ortho intramolecular Hbond substituents is 5. The highest BCUT2D eigenvalue weighted by atomic mass is 16.3. The van der Waals surface area contributed by atoms with Crippen molar-refractivity contribution in [1.29, 1.82) is 0 Å². The summed E-state index contributed by atoms with van der Waals surface area (Å²) >= 11 is 0. The Kier molecular flexibility index (Phi) is 20.4. The maximum Gasteiger partial charge on any atom is 0.125 e. The first-order chi connectivity index (χ1) is 38.9. The molecule has 5 unspecified atom stereocenters. The SMILES string of the molecule is CC(C)c1cccc(C(C)C2(O)CC2)c1O.CC(C)c1cccc(C(C2CC2)C2CC2)c1O.CC(c1cccc(C(C)(C)O)c1O)C1CC1.CC(c1cccc(C(C)C2CC2)c1O)C1CC1.CCC(c1cccc(C(C)C)c1O)C1CC1. The van der Waals surface area contributed by atoms with Crippen molar-refractivity contribution in [2.75, 3.05) is 0 Å². The summed E-state index contributed by atoms with van der Waals surface area (Å²) in [6.45, 7) is 27.0. The number of hydrogen-bond donors (Lipinski definition) is 7. The third-order valence-corrected chi connectivity index (χ3v) is 20.1. The Morgan fingerprint density at radius 3 is 1.02 bits per heavy atom. The van der Waals surface area contributed by atoms with Gasteiger partial charge in [-0.25, -0.2) is 0 Å². The van der Waals surface area contributed by atoms with Crippen LogP contribution in [0, 0.1) is 35.5 Å². The molecule has 12 rings (SSSR count). The number of hydrogen-bond acceptors (Lipinski definition) is 7. The van der Waals surface area contributed by atoms with Crippen molar-refractivity contribution < 1.29 is 35.7 Å². The van der Waals surface area contributed by atoms with Gasteiger partial charge in [0.1, 0.15) is 28.7 Å². The number of aromatic hydroxyl groups is 5. The molecule has 0 bridgehead atoms. The van der Waals surface area contributed by atoms with E-state index in [9.17, 15) is 35.7 Å². The Bertz CT molecular complexity index is 2780. The van der Waals surface area contributed by atoms with Crippen molar-refractivity contribution in [3.8, 4) is 28.7 Å². The Morgan fingerprint density at radius 2 is 0.683 bits per heavy atom. The predicted octanol–water partition coefficient (Wildman–Crippen LogP) is 19.5. The Labute approximate surface area is 495 Å². The summed E-state index contributed by atoms with van der Waals surface area (Å²) in [6.07, 6.45) is 18.8. The van der Waals surface area contributed by atoms with Gasteiger partial charge in [0, 0.05) is 11.5 Å². The van der Waals surface area contributed by atoms with Crippen LogP contribution in [0.25, 0.3) is 0 Å². The molecule has 0 saturated heterocycles. The first-order valence-electron chi connectivity index (χ1n) is 32.4. The van der Waals surface area contributed by atoms with Crippen molar-refractivity contribution in [2.45, 2.75) is 251 Å². The van der Waals surface area contributed by atoms with Crippen molar-refractivity contribution in [3.05, 3.63) is 147 Å². The average Bonchev–Trinajstić information content (AvgIpc) is 4.45. The van der Waals surface area contributed by atoms with Gasteiger partial charge in [-0.2, -0.15) is 0 Å². The van der Waals surface area contributed by atoms with E-state index in [0.29, 0.717) is 81.8 Å². The van der Waals surface area contributed by atoms with Crippen LogP contribution in [0.2, 0.25) is 0 Å². The lowest BCUT2D eigenvalue weighted by Gasteiger charge is -2.22. The van der Waals surface area contributed by atoms with Gasteiger partial charge in [-0.3, -0.25) is 0 Å². The highest BCUT2D eigenvalue weighted by molar-refractivity contribution is 5.49. The topological polar surface area (TPSA) is 142 Å². The normalized spacial score (nSPS) is 20.0. The smallest absolute Gasteiger partial charge is 0.125 e. The number of phenols is 5. The van der Waals surface area contributed by atoms with E-state index in [4.69, 9.17) is 0 Å². The third kappa shape index (κ3) is 15.7. The quantitative estimate of drug-likeness (QED) is 0.0463. The number of aliphatic hydroxyl groups is 2. The van der Waals surface area contributed by atoms with Gasteiger partial charge in [0.25, 0.3) is 0 Å². The Hall–Kier alpha value is -4.98. The van der Waals surface area contributed by atoms with E-state index in [2.05, 4.69) is 118 Å². The third-order valence-electron chi connectivity index (χ3n) is 20.1. The fourth-order valence-corrected chi connectivity index (χ4v) is 13.3. The molecule has 5 aromatic rings. The molecule has 0 heterocycles. The van der Waals surface area contributed by atoms with Gasteiger partial charge in [-0.15, -0.1) is 0 Å². The molecular weight excluding hydrogens is 1010 g/mol. The van der Waals surface area contributed by atoms with E-state index < -0.39 is 11.2 Å². The monoisotopic (exact) mass is 1120 g/mol. The van der Waals surface area contributed by atoms with Crippen molar-refractivity contribution in [2.24, 2.45) is 35.5 Å². The largest absolute Gasteiger partial charge is 0.507 e. The molecule has 7 saturated carbocycles. The molecule has 7 nitrogen and oxygen atoms in total. The van der Waals surface area contributed by atoms with Crippen LogP contribution in [0.15, 0.2) is 91.0 Å². The molecule has 7 fully saturated rings. The van der Waals surface area contributed by atoms with Crippen LogP contribution < -0.4 is 0 Å². The molecule has 448 valence electrons.